The molecule has 5 nitrogen and oxygen atoms in total. The average molecular weight is 443 g/mol. The summed E-state index contributed by atoms with van der Waals surface area (Å²) in [4.78, 5) is 13.0. The first kappa shape index (κ1) is 20.8. The van der Waals surface area contributed by atoms with Crippen LogP contribution in [0.2, 0.25) is 0 Å². The number of nitrogens with zero attached hydrogens (tertiary/aromatic N) is 1. The van der Waals surface area contributed by atoms with E-state index in [1.165, 1.54) is 12.1 Å². The van der Waals surface area contributed by atoms with Crippen LogP contribution in [0, 0.1) is 5.82 Å². The number of hydrogen-bond acceptors (Lipinski definition) is 4. The molecule has 0 bridgehead atoms. The fraction of sp³-hybridized carbons (Fsp3) is 0.148. The van der Waals surface area contributed by atoms with E-state index in [9.17, 15) is 9.18 Å². The monoisotopic (exact) mass is 443 g/mol. The molecule has 0 atom stereocenters. The van der Waals surface area contributed by atoms with E-state index in [-0.39, 0.29) is 24.0 Å². The number of allylic oxidation sites excluding steroid dienone is 1. The number of halogens is 1. The number of carbonyl (C=O) groups is 1. The van der Waals surface area contributed by atoms with E-state index < -0.39 is 0 Å². The van der Waals surface area contributed by atoms with Crippen molar-refractivity contribution in [1.82, 2.24) is 4.57 Å². The van der Waals surface area contributed by atoms with Gasteiger partial charge >= 0.3 is 0 Å². The lowest BCUT2D eigenvalue weighted by molar-refractivity contribution is 0.101. The summed E-state index contributed by atoms with van der Waals surface area (Å²) in [5, 5.41) is 0.986. The van der Waals surface area contributed by atoms with Crippen molar-refractivity contribution < 1.29 is 23.4 Å². The molecule has 33 heavy (non-hydrogen) atoms. The van der Waals surface area contributed by atoms with Gasteiger partial charge in [0.05, 0.1) is 12.7 Å². The van der Waals surface area contributed by atoms with Crippen LogP contribution in [0.3, 0.4) is 0 Å². The third-order valence-corrected chi connectivity index (χ3v) is 5.71. The van der Waals surface area contributed by atoms with Crippen LogP contribution in [0.4, 0.5) is 4.39 Å². The summed E-state index contributed by atoms with van der Waals surface area (Å²) in [5.74, 6) is 1.58. The number of rotatable bonds is 6. The molecule has 0 unspecified atom stereocenters. The van der Waals surface area contributed by atoms with Gasteiger partial charge in [-0.1, -0.05) is 12.1 Å². The van der Waals surface area contributed by atoms with Crippen LogP contribution in [0.25, 0.3) is 17.0 Å². The van der Waals surface area contributed by atoms with Crippen molar-refractivity contribution in [2.75, 3.05) is 7.11 Å². The molecule has 0 radical (unpaired) electrons. The first-order chi connectivity index (χ1) is 16.1. The molecule has 0 spiro atoms. The van der Waals surface area contributed by atoms with Crippen LogP contribution in [0.1, 0.15) is 28.4 Å². The van der Waals surface area contributed by atoms with Crippen LogP contribution < -0.4 is 14.2 Å². The van der Waals surface area contributed by atoms with E-state index in [1.807, 2.05) is 24.4 Å². The highest BCUT2D eigenvalue weighted by Crippen LogP contribution is 2.36. The first-order valence-corrected chi connectivity index (χ1v) is 10.7. The molecule has 2 heterocycles. The molecule has 6 heteroatoms. The summed E-state index contributed by atoms with van der Waals surface area (Å²) in [7, 11) is 1.63. The molecule has 1 aliphatic rings. The Balaban J connectivity index is 1.41. The Labute approximate surface area is 190 Å². The Kier molecular flexibility index (Phi) is 5.34. The summed E-state index contributed by atoms with van der Waals surface area (Å²) < 4.78 is 32.3. The third-order valence-electron chi connectivity index (χ3n) is 5.71. The molecule has 5 rings (SSSR count). The molecule has 1 aromatic heterocycles. The molecule has 4 aromatic rings. The Morgan fingerprint density at radius 3 is 2.58 bits per heavy atom. The maximum atomic E-state index is 13.1. The number of ketones is 1. The lowest BCUT2D eigenvalue weighted by Crippen LogP contribution is -1.98. The van der Waals surface area contributed by atoms with Gasteiger partial charge in [-0.3, -0.25) is 4.79 Å². The summed E-state index contributed by atoms with van der Waals surface area (Å²) in [6, 6.07) is 17.2. The zero-order valence-corrected chi connectivity index (χ0v) is 18.3. The molecule has 0 saturated carbocycles. The van der Waals surface area contributed by atoms with Gasteiger partial charge in [0.1, 0.15) is 29.7 Å². The Bertz CT molecular complexity index is 1390. The highest BCUT2D eigenvalue weighted by atomic mass is 19.1. The van der Waals surface area contributed by atoms with E-state index in [0.29, 0.717) is 17.1 Å². The largest absolute Gasteiger partial charge is 0.497 e. The highest BCUT2D eigenvalue weighted by Gasteiger charge is 2.28. The molecule has 166 valence electrons. The van der Waals surface area contributed by atoms with Gasteiger partial charge in [-0.05, 0) is 61.0 Å². The fourth-order valence-corrected chi connectivity index (χ4v) is 3.95. The maximum Gasteiger partial charge on any atom is 0.231 e. The van der Waals surface area contributed by atoms with Crippen molar-refractivity contribution >= 4 is 22.8 Å². The number of carbonyl (C=O) groups excluding carboxylic acids is 1. The lowest BCUT2D eigenvalue weighted by atomic mass is 10.1. The molecule has 0 saturated heterocycles. The Morgan fingerprint density at radius 1 is 1.03 bits per heavy atom. The minimum Gasteiger partial charge on any atom is -0.497 e. The molecular weight excluding hydrogens is 421 g/mol. The molecular formula is C27H22FNO4. The number of fused-ring (bicyclic) bond motifs is 2. The molecule has 1 aliphatic heterocycles. The number of aromatic nitrogens is 1. The zero-order valence-electron chi connectivity index (χ0n) is 18.3. The second-order valence-corrected chi connectivity index (χ2v) is 7.77. The van der Waals surface area contributed by atoms with Crippen LogP contribution in [-0.2, 0) is 13.2 Å². The van der Waals surface area contributed by atoms with Crippen molar-refractivity contribution in [3.8, 4) is 17.2 Å². The molecule has 0 fully saturated rings. The van der Waals surface area contributed by atoms with Gasteiger partial charge in [0.25, 0.3) is 0 Å². The molecule has 0 aliphatic carbocycles. The van der Waals surface area contributed by atoms with Crippen molar-refractivity contribution in [3.63, 3.8) is 0 Å². The molecule has 3 aromatic carbocycles. The van der Waals surface area contributed by atoms with Gasteiger partial charge in [-0.15, -0.1) is 0 Å². The Hall–Kier alpha value is -4.06. The van der Waals surface area contributed by atoms with E-state index in [0.717, 1.165) is 34.3 Å². The van der Waals surface area contributed by atoms with E-state index >= 15 is 0 Å². The third kappa shape index (κ3) is 3.96. The van der Waals surface area contributed by atoms with Gasteiger partial charge in [0, 0.05) is 35.3 Å². The van der Waals surface area contributed by atoms with Crippen molar-refractivity contribution in [1.29, 1.82) is 0 Å². The minimum absolute atomic E-state index is 0.171. The molecule has 0 amide bonds. The van der Waals surface area contributed by atoms with Gasteiger partial charge in [0.15, 0.2) is 5.76 Å². The number of hydrogen-bond donors (Lipinski definition) is 0. The maximum absolute atomic E-state index is 13.1. The summed E-state index contributed by atoms with van der Waals surface area (Å²) in [6.07, 6.45) is 3.78. The normalized spacial score (nSPS) is 13.9. The van der Waals surface area contributed by atoms with Crippen LogP contribution in [-0.4, -0.2) is 17.5 Å². The number of Topliss-reactive ketones (excluding diaryl/α,β-unsaturated/α-hetero) is 1. The van der Waals surface area contributed by atoms with Crippen LogP contribution >= 0.6 is 0 Å². The topological polar surface area (TPSA) is 49.7 Å². The van der Waals surface area contributed by atoms with Crippen molar-refractivity contribution in [2.45, 2.75) is 20.1 Å². The van der Waals surface area contributed by atoms with Gasteiger partial charge in [-0.25, -0.2) is 4.39 Å². The van der Waals surface area contributed by atoms with Crippen molar-refractivity contribution in [2.24, 2.45) is 0 Å². The average Bonchev–Trinajstić information content (AvgIpc) is 3.35. The summed E-state index contributed by atoms with van der Waals surface area (Å²) in [5.41, 5.74) is 3.28. The highest BCUT2D eigenvalue weighted by molar-refractivity contribution is 6.15. The predicted molar refractivity (Wildman–Crippen MR) is 124 cm³/mol. The van der Waals surface area contributed by atoms with Crippen LogP contribution in [0.15, 0.2) is 72.6 Å². The fourth-order valence-electron chi connectivity index (χ4n) is 3.95. The van der Waals surface area contributed by atoms with Gasteiger partial charge in [-0.2, -0.15) is 0 Å². The summed E-state index contributed by atoms with van der Waals surface area (Å²) in [6.45, 7) is 3.16. The predicted octanol–water partition coefficient (Wildman–Crippen LogP) is 6.00. The summed E-state index contributed by atoms with van der Waals surface area (Å²) >= 11 is 0. The number of ether oxygens (including phenoxy) is 3. The van der Waals surface area contributed by atoms with Gasteiger partial charge in [0.2, 0.25) is 5.78 Å². The minimum atomic E-state index is -0.289. The van der Waals surface area contributed by atoms with Gasteiger partial charge < -0.3 is 18.8 Å². The number of aryl methyl sites for hydroxylation is 1. The second-order valence-electron chi connectivity index (χ2n) is 7.77. The number of methoxy groups -OCH3 is 1. The zero-order chi connectivity index (χ0) is 22.9. The second kappa shape index (κ2) is 8.47. The van der Waals surface area contributed by atoms with E-state index in [4.69, 9.17) is 14.2 Å². The standard InChI is InChI=1S/C27H22FNO4/c1-3-29-15-18(23-13-20(31-2)9-11-24(23)29)12-26-27(30)22-10-8-21(14-25(22)33-26)32-16-17-4-6-19(28)7-5-17/h4-15H,3,16H2,1-2H3/b26-12+. The lowest BCUT2D eigenvalue weighted by Gasteiger charge is -2.07. The first-order valence-electron chi connectivity index (χ1n) is 10.7. The smallest absolute Gasteiger partial charge is 0.231 e. The van der Waals surface area contributed by atoms with E-state index in [1.54, 1.807) is 43.5 Å². The van der Waals surface area contributed by atoms with E-state index in [2.05, 4.69) is 11.5 Å². The number of benzene rings is 3. The SMILES string of the molecule is CCn1cc(/C=C2/Oc3cc(OCc4ccc(F)cc4)ccc3C2=O)c2cc(OC)ccc21. The quantitative estimate of drug-likeness (QED) is 0.343. The molecule has 0 N–H and O–H groups in total. The Morgan fingerprint density at radius 2 is 1.82 bits per heavy atom. The van der Waals surface area contributed by atoms with Crippen LogP contribution in [0.5, 0.6) is 17.2 Å². The van der Waals surface area contributed by atoms with Crippen molar-refractivity contribution in [3.05, 3.63) is 95.1 Å².